The third-order valence-corrected chi connectivity index (χ3v) is 3.73. The van der Waals surface area contributed by atoms with E-state index in [1.54, 1.807) is 0 Å². The highest BCUT2D eigenvalue weighted by atomic mass is 16.5. The average Bonchev–Trinajstić information content (AvgIpc) is 2.45. The molecule has 2 rings (SSSR count). The van der Waals surface area contributed by atoms with Crippen LogP contribution in [0.4, 0.5) is 0 Å². The van der Waals surface area contributed by atoms with Crippen molar-refractivity contribution in [1.82, 2.24) is 5.32 Å². The Hall–Kier alpha value is -0.860. The summed E-state index contributed by atoms with van der Waals surface area (Å²) in [5, 5.41) is 3.40. The van der Waals surface area contributed by atoms with Gasteiger partial charge in [-0.15, -0.1) is 0 Å². The maximum atomic E-state index is 5.74. The van der Waals surface area contributed by atoms with Crippen LogP contribution < -0.4 is 5.32 Å². The molecular formula is C16H25NO. The molecule has 0 saturated carbocycles. The van der Waals surface area contributed by atoms with Crippen molar-refractivity contribution in [2.75, 3.05) is 26.3 Å². The molecule has 1 aliphatic heterocycles. The summed E-state index contributed by atoms with van der Waals surface area (Å²) in [6.07, 6.45) is 6.16. The first-order valence-electron chi connectivity index (χ1n) is 7.27. The van der Waals surface area contributed by atoms with Crippen LogP contribution in [0.2, 0.25) is 0 Å². The number of hydrogen-bond donors (Lipinski definition) is 1. The maximum Gasteiger partial charge on any atom is 0.0469 e. The van der Waals surface area contributed by atoms with E-state index in [2.05, 4.69) is 35.6 Å². The van der Waals surface area contributed by atoms with Gasteiger partial charge < -0.3 is 10.1 Å². The molecule has 100 valence electrons. The second-order valence-electron chi connectivity index (χ2n) is 5.18. The molecule has 0 aliphatic carbocycles. The highest BCUT2D eigenvalue weighted by molar-refractivity contribution is 5.14. The van der Waals surface area contributed by atoms with Gasteiger partial charge in [-0.25, -0.2) is 0 Å². The molecule has 1 aromatic rings. The molecule has 2 heteroatoms. The topological polar surface area (TPSA) is 21.3 Å². The largest absolute Gasteiger partial charge is 0.381 e. The molecule has 0 amide bonds. The smallest absolute Gasteiger partial charge is 0.0469 e. The molecule has 0 spiro atoms. The van der Waals surface area contributed by atoms with Crippen LogP contribution in [0, 0.1) is 5.92 Å². The molecule has 1 N–H and O–H groups in total. The van der Waals surface area contributed by atoms with Gasteiger partial charge in [0.1, 0.15) is 0 Å². The zero-order chi connectivity index (χ0) is 12.5. The minimum absolute atomic E-state index is 0.889. The number of aryl methyl sites for hydroxylation is 1. The molecule has 1 fully saturated rings. The van der Waals surface area contributed by atoms with Crippen molar-refractivity contribution in [3.8, 4) is 0 Å². The molecule has 1 aliphatic rings. The van der Waals surface area contributed by atoms with Gasteiger partial charge in [-0.1, -0.05) is 30.3 Å². The molecule has 1 heterocycles. The van der Waals surface area contributed by atoms with Crippen LogP contribution in [0.15, 0.2) is 30.3 Å². The van der Waals surface area contributed by atoms with Crippen molar-refractivity contribution in [3.05, 3.63) is 35.9 Å². The first kappa shape index (κ1) is 13.6. The molecule has 0 bridgehead atoms. The standard InChI is InChI=1S/C16H25NO/c1-2-5-15(6-3-1)7-4-13-18-14-10-16-8-11-17-12-9-16/h1-3,5-6,16-17H,4,7-14H2. The van der Waals surface area contributed by atoms with Gasteiger partial charge in [0, 0.05) is 13.2 Å². The Balaban J connectivity index is 1.46. The van der Waals surface area contributed by atoms with Crippen molar-refractivity contribution in [2.24, 2.45) is 5.92 Å². The number of benzene rings is 1. The van der Waals surface area contributed by atoms with Crippen LogP contribution in [0.1, 0.15) is 31.2 Å². The molecule has 0 unspecified atom stereocenters. The van der Waals surface area contributed by atoms with E-state index in [4.69, 9.17) is 4.74 Å². The molecule has 0 atom stereocenters. The van der Waals surface area contributed by atoms with E-state index in [-0.39, 0.29) is 0 Å². The molecule has 2 nitrogen and oxygen atoms in total. The normalized spacial score (nSPS) is 16.9. The molecule has 1 aromatic carbocycles. The summed E-state index contributed by atoms with van der Waals surface area (Å²) < 4.78 is 5.74. The van der Waals surface area contributed by atoms with Gasteiger partial charge in [0.2, 0.25) is 0 Å². The number of piperidine rings is 1. The third-order valence-electron chi connectivity index (χ3n) is 3.73. The predicted octanol–water partition coefficient (Wildman–Crippen LogP) is 3.03. The van der Waals surface area contributed by atoms with E-state index in [1.165, 1.54) is 37.9 Å². The van der Waals surface area contributed by atoms with Crippen molar-refractivity contribution in [2.45, 2.75) is 32.1 Å². The Kier molecular flexibility index (Phi) is 6.24. The number of ether oxygens (including phenoxy) is 1. The van der Waals surface area contributed by atoms with Gasteiger partial charge in [-0.3, -0.25) is 0 Å². The van der Waals surface area contributed by atoms with E-state index in [9.17, 15) is 0 Å². The fraction of sp³-hybridized carbons (Fsp3) is 0.625. The van der Waals surface area contributed by atoms with E-state index in [1.807, 2.05) is 0 Å². The maximum absolute atomic E-state index is 5.74. The van der Waals surface area contributed by atoms with Crippen LogP contribution in [-0.4, -0.2) is 26.3 Å². The third kappa shape index (κ3) is 5.19. The summed E-state index contributed by atoms with van der Waals surface area (Å²) in [6.45, 7) is 4.23. The lowest BCUT2D eigenvalue weighted by atomic mass is 9.95. The van der Waals surface area contributed by atoms with E-state index in [0.29, 0.717) is 0 Å². The van der Waals surface area contributed by atoms with Crippen molar-refractivity contribution in [1.29, 1.82) is 0 Å². The van der Waals surface area contributed by atoms with Crippen LogP contribution in [-0.2, 0) is 11.2 Å². The van der Waals surface area contributed by atoms with Crippen LogP contribution in [0.25, 0.3) is 0 Å². The Morgan fingerprint density at radius 1 is 1.06 bits per heavy atom. The SMILES string of the molecule is c1ccc(CCCOCCC2CCNCC2)cc1. The molecule has 0 radical (unpaired) electrons. The van der Waals surface area contributed by atoms with Gasteiger partial charge in [0.15, 0.2) is 0 Å². The second kappa shape index (κ2) is 8.28. The number of hydrogen-bond acceptors (Lipinski definition) is 2. The van der Waals surface area contributed by atoms with Crippen LogP contribution >= 0.6 is 0 Å². The van der Waals surface area contributed by atoms with Gasteiger partial charge in [-0.2, -0.15) is 0 Å². The number of nitrogens with one attached hydrogen (secondary N) is 1. The van der Waals surface area contributed by atoms with Crippen molar-refractivity contribution < 1.29 is 4.74 Å². The lowest BCUT2D eigenvalue weighted by Crippen LogP contribution is -2.28. The fourth-order valence-electron chi connectivity index (χ4n) is 2.55. The minimum atomic E-state index is 0.889. The summed E-state index contributed by atoms with van der Waals surface area (Å²) >= 11 is 0. The minimum Gasteiger partial charge on any atom is -0.381 e. The summed E-state index contributed by atoms with van der Waals surface area (Å²) in [5.74, 6) is 0.889. The summed E-state index contributed by atoms with van der Waals surface area (Å²) in [7, 11) is 0. The zero-order valence-corrected chi connectivity index (χ0v) is 11.2. The highest BCUT2D eigenvalue weighted by Crippen LogP contribution is 2.15. The van der Waals surface area contributed by atoms with Crippen molar-refractivity contribution in [3.63, 3.8) is 0 Å². The quantitative estimate of drug-likeness (QED) is 0.748. The van der Waals surface area contributed by atoms with Gasteiger partial charge in [-0.05, 0) is 56.7 Å². The van der Waals surface area contributed by atoms with E-state index < -0.39 is 0 Å². The highest BCUT2D eigenvalue weighted by Gasteiger charge is 2.11. The Morgan fingerprint density at radius 3 is 2.61 bits per heavy atom. The second-order valence-corrected chi connectivity index (χ2v) is 5.18. The van der Waals surface area contributed by atoms with Gasteiger partial charge >= 0.3 is 0 Å². The average molecular weight is 247 g/mol. The molecular weight excluding hydrogens is 222 g/mol. The van der Waals surface area contributed by atoms with Gasteiger partial charge in [0.25, 0.3) is 0 Å². The van der Waals surface area contributed by atoms with Gasteiger partial charge in [0.05, 0.1) is 0 Å². The van der Waals surface area contributed by atoms with Crippen molar-refractivity contribution >= 4 is 0 Å². The Morgan fingerprint density at radius 2 is 1.83 bits per heavy atom. The zero-order valence-electron chi connectivity index (χ0n) is 11.2. The fourth-order valence-corrected chi connectivity index (χ4v) is 2.55. The molecule has 0 aromatic heterocycles. The molecule has 18 heavy (non-hydrogen) atoms. The number of rotatable bonds is 7. The Bertz CT molecular complexity index is 306. The molecule has 1 saturated heterocycles. The summed E-state index contributed by atoms with van der Waals surface area (Å²) in [5.41, 5.74) is 1.42. The van der Waals surface area contributed by atoms with E-state index in [0.717, 1.165) is 32.0 Å². The summed E-state index contributed by atoms with van der Waals surface area (Å²) in [4.78, 5) is 0. The van der Waals surface area contributed by atoms with Crippen LogP contribution in [0.3, 0.4) is 0 Å². The van der Waals surface area contributed by atoms with Crippen LogP contribution in [0.5, 0.6) is 0 Å². The first-order valence-corrected chi connectivity index (χ1v) is 7.27. The lowest BCUT2D eigenvalue weighted by molar-refractivity contribution is 0.113. The first-order chi connectivity index (χ1) is 8.95. The Labute approximate surface area is 111 Å². The van der Waals surface area contributed by atoms with E-state index >= 15 is 0 Å². The predicted molar refractivity (Wildman–Crippen MR) is 75.8 cm³/mol. The monoisotopic (exact) mass is 247 g/mol. The summed E-state index contributed by atoms with van der Waals surface area (Å²) in [6, 6.07) is 10.7. The lowest BCUT2D eigenvalue weighted by Gasteiger charge is -2.22.